The summed E-state index contributed by atoms with van der Waals surface area (Å²) in [4.78, 5) is 19.4. The summed E-state index contributed by atoms with van der Waals surface area (Å²) >= 11 is 2.05. The average Bonchev–Trinajstić information content (AvgIpc) is 3.25. The molecule has 3 rings (SSSR count). The summed E-state index contributed by atoms with van der Waals surface area (Å²) in [5.74, 6) is 2.82. The molecule has 3 heterocycles. The van der Waals surface area contributed by atoms with Crippen LogP contribution in [0.2, 0.25) is 0 Å². The second-order valence-corrected chi connectivity index (χ2v) is 8.23. The lowest BCUT2D eigenvalue weighted by molar-refractivity contribution is -0.133. The minimum Gasteiger partial charge on any atom is -0.377 e. The lowest BCUT2D eigenvalue weighted by Crippen LogP contribution is -2.48. The number of thioether (sulfide) groups is 1. The van der Waals surface area contributed by atoms with Crippen LogP contribution in [0.4, 0.5) is 0 Å². The lowest BCUT2D eigenvalue weighted by Gasteiger charge is -2.34. The van der Waals surface area contributed by atoms with E-state index in [1.807, 2.05) is 16.7 Å². The third kappa shape index (κ3) is 5.08. The van der Waals surface area contributed by atoms with Gasteiger partial charge >= 0.3 is 0 Å². The molecule has 1 amide bonds. The summed E-state index contributed by atoms with van der Waals surface area (Å²) in [6, 6.07) is 0.643. The van der Waals surface area contributed by atoms with Crippen molar-refractivity contribution in [3.05, 3.63) is 0 Å². The van der Waals surface area contributed by atoms with Gasteiger partial charge in [-0.3, -0.25) is 9.69 Å². The Balaban J connectivity index is 1.47. The van der Waals surface area contributed by atoms with E-state index in [-0.39, 0.29) is 0 Å². The van der Waals surface area contributed by atoms with Crippen molar-refractivity contribution in [1.82, 2.24) is 14.7 Å². The first-order valence-corrected chi connectivity index (χ1v) is 10.3. The molecule has 0 aromatic heterocycles. The van der Waals surface area contributed by atoms with Crippen molar-refractivity contribution >= 4 is 17.7 Å². The fourth-order valence-electron chi connectivity index (χ4n) is 3.74. The van der Waals surface area contributed by atoms with Crippen LogP contribution in [0.3, 0.4) is 0 Å². The van der Waals surface area contributed by atoms with E-state index in [9.17, 15) is 4.79 Å². The Bertz CT molecular complexity index is 376. The van der Waals surface area contributed by atoms with Gasteiger partial charge in [-0.1, -0.05) is 0 Å². The molecule has 3 fully saturated rings. The van der Waals surface area contributed by atoms with E-state index in [0.29, 0.717) is 24.5 Å². The Morgan fingerprint density at radius 1 is 1.26 bits per heavy atom. The molecule has 0 aromatic rings. The number of rotatable bonds is 6. The maximum Gasteiger partial charge on any atom is 0.223 e. The molecular weight excluding hydrogens is 310 g/mol. The van der Waals surface area contributed by atoms with Crippen LogP contribution in [0.25, 0.3) is 0 Å². The molecule has 0 N–H and O–H groups in total. The number of amides is 1. The van der Waals surface area contributed by atoms with Crippen LogP contribution < -0.4 is 0 Å². The van der Waals surface area contributed by atoms with E-state index in [1.165, 1.54) is 30.8 Å². The highest BCUT2D eigenvalue weighted by Gasteiger charge is 2.28. The van der Waals surface area contributed by atoms with Gasteiger partial charge in [0.2, 0.25) is 5.91 Å². The maximum atomic E-state index is 12.5. The van der Waals surface area contributed by atoms with Gasteiger partial charge in [-0.2, -0.15) is 11.8 Å². The molecule has 0 aliphatic carbocycles. The van der Waals surface area contributed by atoms with Crippen LogP contribution in [0, 0.1) is 0 Å². The SMILES string of the molecule is CN1CCN(C(=O)CCN(C[C@H]2CCCO2)[C@H]2CCSC2)CC1. The number of likely N-dealkylation sites (N-methyl/N-ethyl adjacent to an activating group) is 1. The van der Waals surface area contributed by atoms with Crippen molar-refractivity contribution in [3.63, 3.8) is 0 Å². The van der Waals surface area contributed by atoms with E-state index in [2.05, 4.69) is 16.8 Å². The normalized spacial score (nSPS) is 29.6. The predicted octanol–water partition coefficient (Wildman–Crippen LogP) is 1.14. The fourth-order valence-corrected chi connectivity index (χ4v) is 4.99. The van der Waals surface area contributed by atoms with E-state index in [4.69, 9.17) is 4.74 Å². The molecule has 0 bridgehead atoms. The summed E-state index contributed by atoms with van der Waals surface area (Å²) < 4.78 is 5.83. The Kier molecular flexibility index (Phi) is 6.62. The zero-order chi connectivity index (χ0) is 16.1. The fraction of sp³-hybridized carbons (Fsp3) is 0.941. The molecule has 0 spiro atoms. The van der Waals surface area contributed by atoms with Crippen molar-refractivity contribution in [1.29, 1.82) is 0 Å². The van der Waals surface area contributed by atoms with Gasteiger partial charge in [0, 0.05) is 64.1 Å². The highest BCUT2D eigenvalue weighted by Crippen LogP contribution is 2.24. The highest BCUT2D eigenvalue weighted by atomic mass is 32.2. The maximum absolute atomic E-state index is 12.5. The van der Waals surface area contributed by atoms with Gasteiger partial charge in [-0.15, -0.1) is 0 Å². The largest absolute Gasteiger partial charge is 0.377 e. The molecule has 23 heavy (non-hydrogen) atoms. The molecule has 3 aliphatic rings. The van der Waals surface area contributed by atoms with E-state index in [1.54, 1.807) is 0 Å². The van der Waals surface area contributed by atoms with Gasteiger partial charge in [-0.25, -0.2) is 0 Å². The van der Waals surface area contributed by atoms with E-state index < -0.39 is 0 Å². The van der Waals surface area contributed by atoms with E-state index >= 15 is 0 Å². The molecule has 2 atom stereocenters. The minimum atomic E-state index is 0.334. The number of hydrogen-bond acceptors (Lipinski definition) is 5. The zero-order valence-electron chi connectivity index (χ0n) is 14.4. The van der Waals surface area contributed by atoms with Gasteiger partial charge < -0.3 is 14.5 Å². The second kappa shape index (κ2) is 8.70. The third-order valence-corrected chi connectivity index (χ3v) is 6.50. The molecule has 3 saturated heterocycles. The molecule has 0 unspecified atom stereocenters. The predicted molar refractivity (Wildman–Crippen MR) is 95.0 cm³/mol. The molecule has 0 saturated carbocycles. The van der Waals surface area contributed by atoms with Crippen LogP contribution in [0.5, 0.6) is 0 Å². The molecular formula is C17H31N3O2S. The average molecular weight is 342 g/mol. The van der Waals surface area contributed by atoms with Crippen molar-refractivity contribution in [2.45, 2.75) is 37.8 Å². The summed E-state index contributed by atoms with van der Waals surface area (Å²) in [5, 5.41) is 0. The highest BCUT2D eigenvalue weighted by molar-refractivity contribution is 7.99. The standard InChI is InChI=1S/C17H31N3O2S/c1-18-7-9-19(10-8-18)17(21)4-6-20(15-5-12-23-14-15)13-16-3-2-11-22-16/h15-16H,2-14H2,1H3/t15-,16+/m0/s1. The first-order chi connectivity index (χ1) is 11.2. The molecule has 0 aromatic carbocycles. The zero-order valence-corrected chi connectivity index (χ0v) is 15.2. The monoisotopic (exact) mass is 341 g/mol. The van der Waals surface area contributed by atoms with Crippen LogP contribution in [-0.2, 0) is 9.53 Å². The number of carbonyl (C=O) groups excluding carboxylic acids is 1. The van der Waals surface area contributed by atoms with Crippen molar-refractivity contribution in [3.8, 4) is 0 Å². The van der Waals surface area contributed by atoms with Crippen molar-refractivity contribution in [2.75, 3.05) is 64.4 Å². The van der Waals surface area contributed by atoms with Crippen LogP contribution in [0.1, 0.15) is 25.7 Å². The van der Waals surface area contributed by atoms with Gasteiger partial charge in [-0.05, 0) is 32.1 Å². The van der Waals surface area contributed by atoms with Crippen LogP contribution in [0.15, 0.2) is 0 Å². The number of hydrogen-bond donors (Lipinski definition) is 0. The summed E-state index contributed by atoms with van der Waals surface area (Å²) in [6.07, 6.45) is 4.69. The quantitative estimate of drug-likeness (QED) is 0.724. The van der Waals surface area contributed by atoms with Crippen molar-refractivity contribution in [2.24, 2.45) is 0 Å². The topological polar surface area (TPSA) is 36.0 Å². The molecule has 132 valence electrons. The smallest absolute Gasteiger partial charge is 0.223 e. The first-order valence-electron chi connectivity index (χ1n) is 9.12. The second-order valence-electron chi connectivity index (χ2n) is 7.08. The van der Waals surface area contributed by atoms with Crippen LogP contribution >= 0.6 is 11.8 Å². The van der Waals surface area contributed by atoms with Crippen molar-refractivity contribution < 1.29 is 9.53 Å². The number of piperazine rings is 1. The van der Waals surface area contributed by atoms with E-state index in [0.717, 1.165) is 45.9 Å². The molecule has 6 heteroatoms. The minimum absolute atomic E-state index is 0.334. The van der Waals surface area contributed by atoms with Gasteiger partial charge in [0.05, 0.1) is 6.10 Å². The van der Waals surface area contributed by atoms with Gasteiger partial charge in [0.1, 0.15) is 0 Å². The summed E-state index contributed by atoms with van der Waals surface area (Å²) in [6.45, 7) is 6.62. The van der Waals surface area contributed by atoms with Crippen LogP contribution in [-0.4, -0.2) is 97.2 Å². The Hall–Kier alpha value is -0.300. The molecule has 5 nitrogen and oxygen atoms in total. The third-order valence-electron chi connectivity index (χ3n) is 5.35. The van der Waals surface area contributed by atoms with Gasteiger partial charge in [0.25, 0.3) is 0 Å². The summed E-state index contributed by atoms with van der Waals surface area (Å²) in [5.41, 5.74) is 0. The van der Waals surface area contributed by atoms with Gasteiger partial charge in [0.15, 0.2) is 0 Å². The Morgan fingerprint density at radius 2 is 2.09 bits per heavy atom. The number of nitrogens with zero attached hydrogens (tertiary/aromatic N) is 3. The number of ether oxygens (including phenoxy) is 1. The molecule has 3 aliphatic heterocycles. The Morgan fingerprint density at radius 3 is 2.74 bits per heavy atom. The molecule has 0 radical (unpaired) electrons. The summed E-state index contributed by atoms with van der Waals surface area (Å²) in [7, 11) is 2.13. The Labute approximate surface area is 144 Å². The lowest BCUT2D eigenvalue weighted by atomic mass is 10.1. The number of carbonyl (C=O) groups is 1. The first kappa shape index (κ1) is 17.5.